The number of allylic oxidation sites excluding steroid dienone is 1. The van der Waals surface area contributed by atoms with E-state index >= 15 is 0 Å². The SMILES string of the molecule is CC=C(C(=O)OC)c1ccccc1COc1cc(C)c(C=NOCC2CO2)cc1C. The van der Waals surface area contributed by atoms with Crippen LogP contribution in [0.2, 0.25) is 0 Å². The van der Waals surface area contributed by atoms with E-state index in [1.54, 1.807) is 12.3 Å². The van der Waals surface area contributed by atoms with Gasteiger partial charge in [-0.1, -0.05) is 35.5 Å². The number of nitrogens with zero attached hydrogens (tertiary/aromatic N) is 1. The first-order valence-corrected chi connectivity index (χ1v) is 9.87. The van der Waals surface area contributed by atoms with E-state index in [-0.39, 0.29) is 12.1 Å². The normalized spacial score (nSPS) is 15.9. The van der Waals surface area contributed by atoms with Crippen molar-refractivity contribution < 1.29 is 23.8 Å². The summed E-state index contributed by atoms with van der Waals surface area (Å²) in [5.41, 5.74) is 5.23. The molecule has 1 unspecified atom stereocenters. The van der Waals surface area contributed by atoms with Crippen LogP contribution in [-0.4, -0.2) is 38.6 Å². The lowest BCUT2D eigenvalue weighted by atomic mass is 10.00. The lowest BCUT2D eigenvalue weighted by Gasteiger charge is -2.15. The molecule has 6 nitrogen and oxygen atoms in total. The van der Waals surface area contributed by atoms with E-state index < -0.39 is 0 Å². The molecule has 0 aliphatic carbocycles. The molecule has 6 heteroatoms. The first-order chi connectivity index (χ1) is 14.5. The molecule has 0 radical (unpaired) electrons. The molecule has 1 heterocycles. The Balaban J connectivity index is 1.71. The number of epoxide rings is 1. The molecule has 1 aliphatic heterocycles. The van der Waals surface area contributed by atoms with Crippen LogP contribution in [0.25, 0.3) is 5.57 Å². The largest absolute Gasteiger partial charge is 0.489 e. The molecule has 2 aromatic rings. The summed E-state index contributed by atoms with van der Waals surface area (Å²) in [4.78, 5) is 17.3. The fraction of sp³-hybridized carbons (Fsp3) is 0.333. The fourth-order valence-electron chi connectivity index (χ4n) is 3.05. The standard InChI is InChI=1S/C24H27NO5/c1-5-21(24(26)27-4)22-9-7-6-8-18(22)13-29-23-11-16(2)19(10-17(23)3)12-25-30-15-20-14-28-20/h5-12,20H,13-15H2,1-4H3. The molecule has 0 aromatic heterocycles. The zero-order chi connectivity index (χ0) is 21.5. The lowest BCUT2D eigenvalue weighted by Crippen LogP contribution is -2.08. The molecule has 158 valence electrons. The summed E-state index contributed by atoms with van der Waals surface area (Å²) in [6.45, 7) is 7.37. The van der Waals surface area contributed by atoms with E-state index in [4.69, 9.17) is 19.0 Å². The maximum absolute atomic E-state index is 12.1. The van der Waals surface area contributed by atoms with Crippen molar-refractivity contribution in [2.24, 2.45) is 5.16 Å². The van der Waals surface area contributed by atoms with Gasteiger partial charge in [-0.3, -0.25) is 0 Å². The highest BCUT2D eigenvalue weighted by Crippen LogP contribution is 2.26. The Kier molecular flexibility index (Phi) is 7.25. The van der Waals surface area contributed by atoms with Gasteiger partial charge in [-0.2, -0.15) is 0 Å². The Bertz CT molecular complexity index is 960. The highest BCUT2D eigenvalue weighted by molar-refractivity contribution is 6.16. The molecule has 0 N–H and O–H groups in total. The van der Waals surface area contributed by atoms with Crippen LogP contribution in [0.3, 0.4) is 0 Å². The molecular weight excluding hydrogens is 382 g/mol. The van der Waals surface area contributed by atoms with Crippen LogP contribution in [0.5, 0.6) is 5.75 Å². The average molecular weight is 409 g/mol. The summed E-state index contributed by atoms with van der Waals surface area (Å²) >= 11 is 0. The van der Waals surface area contributed by atoms with Gasteiger partial charge >= 0.3 is 5.97 Å². The third-order valence-corrected chi connectivity index (χ3v) is 4.88. The van der Waals surface area contributed by atoms with E-state index in [2.05, 4.69) is 5.16 Å². The predicted molar refractivity (Wildman–Crippen MR) is 116 cm³/mol. The number of methoxy groups -OCH3 is 1. The quantitative estimate of drug-likeness (QED) is 0.204. The second kappa shape index (κ2) is 10.1. The zero-order valence-corrected chi connectivity index (χ0v) is 17.8. The van der Waals surface area contributed by atoms with Crippen molar-refractivity contribution in [1.29, 1.82) is 0 Å². The minimum absolute atomic E-state index is 0.186. The minimum Gasteiger partial charge on any atom is -0.489 e. The van der Waals surface area contributed by atoms with Crippen molar-refractivity contribution >= 4 is 17.8 Å². The zero-order valence-electron chi connectivity index (χ0n) is 17.8. The van der Waals surface area contributed by atoms with E-state index in [0.717, 1.165) is 40.2 Å². The van der Waals surface area contributed by atoms with E-state index in [0.29, 0.717) is 18.8 Å². The molecule has 1 saturated heterocycles. The van der Waals surface area contributed by atoms with Gasteiger partial charge in [0.1, 0.15) is 25.1 Å². The molecule has 1 atom stereocenters. The molecule has 0 amide bonds. The average Bonchev–Trinajstić information content (AvgIpc) is 3.58. The maximum Gasteiger partial charge on any atom is 0.338 e. The Morgan fingerprint density at radius 1 is 1.23 bits per heavy atom. The van der Waals surface area contributed by atoms with Gasteiger partial charge in [0.05, 0.1) is 25.5 Å². The van der Waals surface area contributed by atoms with Gasteiger partial charge in [-0.15, -0.1) is 0 Å². The summed E-state index contributed by atoms with van der Waals surface area (Å²) in [5, 5.41) is 4.02. The maximum atomic E-state index is 12.1. The number of ether oxygens (including phenoxy) is 3. The van der Waals surface area contributed by atoms with E-state index in [1.165, 1.54) is 7.11 Å². The van der Waals surface area contributed by atoms with Gasteiger partial charge in [0, 0.05) is 0 Å². The number of hydrogen-bond donors (Lipinski definition) is 0. The molecule has 0 saturated carbocycles. The summed E-state index contributed by atoms with van der Waals surface area (Å²) in [6.07, 6.45) is 3.65. The van der Waals surface area contributed by atoms with Crippen molar-refractivity contribution in [3.05, 3.63) is 70.3 Å². The van der Waals surface area contributed by atoms with Gasteiger partial charge in [-0.25, -0.2) is 4.79 Å². The number of aryl methyl sites for hydroxylation is 2. The van der Waals surface area contributed by atoms with E-state index in [9.17, 15) is 4.79 Å². The molecule has 0 spiro atoms. The third-order valence-electron chi connectivity index (χ3n) is 4.88. The second-order valence-corrected chi connectivity index (χ2v) is 7.10. The van der Waals surface area contributed by atoms with Gasteiger partial charge in [-0.05, 0) is 60.7 Å². The number of benzene rings is 2. The minimum atomic E-state index is -0.365. The summed E-state index contributed by atoms with van der Waals surface area (Å²) in [7, 11) is 1.38. The Labute approximate surface area is 177 Å². The fourth-order valence-corrected chi connectivity index (χ4v) is 3.05. The van der Waals surface area contributed by atoms with Crippen LogP contribution in [0, 0.1) is 13.8 Å². The monoisotopic (exact) mass is 409 g/mol. The van der Waals surface area contributed by atoms with Crippen LogP contribution in [-0.2, 0) is 25.7 Å². The molecular formula is C24H27NO5. The van der Waals surface area contributed by atoms with Crippen LogP contribution < -0.4 is 4.74 Å². The molecule has 1 fully saturated rings. The van der Waals surface area contributed by atoms with Crippen molar-refractivity contribution in [3.63, 3.8) is 0 Å². The van der Waals surface area contributed by atoms with Crippen LogP contribution >= 0.6 is 0 Å². The Morgan fingerprint density at radius 2 is 2.00 bits per heavy atom. The lowest BCUT2D eigenvalue weighted by molar-refractivity contribution is -0.133. The number of esters is 1. The number of rotatable bonds is 9. The molecule has 1 aliphatic rings. The van der Waals surface area contributed by atoms with Crippen molar-refractivity contribution in [2.45, 2.75) is 33.5 Å². The van der Waals surface area contributed by atoms with Gasteiger partial charge in [0.25, 0.3) is 0 Å². The first kappa shape index (κ1) is 21.6. The van der Waals surface area contributed by atoms with Crippen LogP contribution in [0.15, 0.2) is 47.6 Å². The van der Waals surface area contributed by atoms with Crippen molar-refractivity contribution in [2.75, 3.05) is 20.3 Å². The van der Waals surface area contributed by atoms with Gasteiger partial charge < -0.3 is 19.0 Å². The molecule has 0 bridgehead atoms. The van der Waals surface area contributed by atoms with Crippen LogP contribution in [0.4, 0.5) is 0 Å². The highest BCUT2D eigenvalue weighted by Gasteiger charge is 2.23. The number of carbonyl (C=O) groups is 1. The number of oxime groups is 1. The Hall–Kier alpha value is -3.12. The Morgan fingerprint density at radius 3 is 2.70 bits per heavy atom. The molecule has 2 aromatic carbocycles. The predicted octanol–water partition coefficient (Wildman–Crippen LogP) is 4.21. The number of carbonyl (C=O) groups excluding carboxylic acids is 1. The first-order valence-electron chi connectivity index (χ1n) is 9.87. The van der Waals surface area contributed by atoms with Crippen molar-refractivity contribution in [1.82, 2.24) is 0 Å². The third kappa shape index (κ3) is 5.48. The van der Waals surface area contributed by atoms with E-state index in [1.807, 2.05) is 57.2 Å². The highest BCUT2D eigenvalue weighted by atomic mass is 16.7. The van der Waals surface area contributed by atoms with Crippen molar-refractivity contribution in [3.8, 4) is 5.75 Å². The second-order valence-electron chi connectivity index (χ2n) is 7.10. The number of hydrogen-bond acceptors (Lipinski definition) is 6. The summed E-state index contributed by atoms with van der Waals surface area (Å²) in [6, 6.07) is 11.7. The molecule has 3 rings (SSSR count). The van der Waals surface area contributed by atoms with Gasteiger partial charge in [0.2, 0.25) is 0 Å². The smallest absolute Gasteiger partial charge is 0.338 e. The van der Waals surface area contributed by atoms with Crippen LogP contribution in [0.1, 0.15) is 34.7 Å². The summed E-state index contributed by atoms with van der Waals surface area (Å²) in [5.74, 6) is 0.419. The van der Waals surface area contributed by atoms with Gasteiger partial charge in [0.15, 0.2) is 0 Å². The molecule has 30 heavy (non-hydrogen) atoms. The summed E-state index contributed by atoms with van der Waals surface area (Å²) < 4.78 is 16.1. The topological polar surface area (TPSA) is 69.7 Å².